The van der Waals surface area contributed by atoms with Gasteiger partial charge in [-0.1, -0.05) is 62.4 Å². The van der Waals surface area contributed by atoms with Gasteiger partial charge in [-0.3, -0.25) is 9.69 Å². The summed E-state index contributed by atoms with van der Waals surface area (Å²) in [6.45, 7) is 9.98. The summed E-state index contributed by atoms with van der Waals surface area (Å²) in [5, 5.41) is 8.31. The second-order valence-electron chi connectivity index (χ2n) is 13.9. The van der Waals surface area contributed by atoms with Gasteiger partial charge in [-0.25, -0.2) is 24.6 Å². The highest BCUT2D eigenvalue weighted by atomic mass is 16.6. The number of nitrogens with one attached hydrogen (secondary N) is 3. The predicted octanol–water partition coefficient (Wildman–Crippen LogP) is 6.85. The normalized spacial score (nSPS) is 18.1. The van der Waals surface area contributed by atoms with E-state index in [2.05, 4.69) is 66.8 Å². The zero-order valence-corrected chi connectivity index (χ0v) is 29.3. The molecule has 3 amide bonds. The van der Waals surface area contributed by atoms with Gasteiger partial charge in [0.25, 0.3) is 5.91 Å². The minimum atomic E-state index is -0.790. The standard InChI is InChI=1S/C37H44N8O5/c1-22(2)31(43-35(47)49-6)34(46)45-30(17-18-40-45)33-39-21-28(42-33)26-15-11-24(12-16-26)23-9-13-25(14-10-23)27-20-38-32(41-27)29-8-7-19-44(29)36(48)50-37(3,4)5/h9-16,18,20-22,29-31H,7-8,17,19H2,1-6H3,(H,38,41)(H,39,42)(H,43,47)/t29-,30-,31-/m0/s1. The van der Waals surface area contributed by atoms with E-state index in [1.54, 1.807) is 17.3 Å². The smallest absolute Gasteiger partial charge is 0.410 e. The number of hydrogen-bond donors (Lipinski definition) is 3. The van der Waals surface area contributed by atoms with Crippen molar-refractivity contribution in [3.63, 3.8) is 0 Å². The maximum atomic E-state index is 13.4. The molecule has 3 N–H and O–H groups in total. The highest BCUT2D eigenvalue weighted by Gasteiger charge is 2.37. The van der Waals surface area contributed by atoms with Gasteiger partial charge in [0.2, 0.25) is 0 Å². The number of alkyl carbamates (subject to hydrolysis) is 1. The molecule has 13 heteroatoms. The fourth-order valence-corrected chi connectivity index (χ4v) is 6.28. The molecule has 4 heterocycles. The zero-order valence-electron chi connectivity index (χ0n) is 29.3. The second kappa shape index (κ2) is 14.2. The lowest BCUT2D eigenvalue weighted by Crippen LogP contribution is -2.50. The Bertz CT molecular complexity index is 1860. The van der Waals surface area contributed by atoms with Crippen LogP contribution >= 0.6 is 0 Å². The number of aromatic amines is 2. The van der Waals surface area contributed by atoms with Gasteiger partial charge in [0, 0.05) is 19.2 Å². The van der Waals surface area contributed by atoms with E-state index in [0.29, 0.717) is 18.8 Å². The van der Waals surface area contributed by atoms with Crippen LogP contribution in [0.2, 0.25) is 0 Å². The Kier molecular flexibility index (Phi) is 9.76. The number of methoxy groups -OCH3 is 1. The third-order valence-corrected chi connectivity index (χ3v) is 8.88. The van der Waals surface area contributed by atoms with Gasteiger partial charge < -0.3 is 24.8 Å². The fourth-order valence-electron chi connectivity index (χ4n) is 6.28. The number of nitrogens with zero attached hydrogens (tertiary/aromatic N) is 5. The largest absolute Gasteiger partial charge is 0.453 e. The Morgan fingerprint density at radius 1 is 0.860 bits per heavy atom. The number of likely N-dealkylation sites (tertiary alicyclic amines) is 1. The van der Waals surface area contributed by atoms with Crippen molar-refractivity contribution in [3.05, 3.63) is 72.6 Å². The van der Waals surface area contributed by atoms with Crippen LogP contribution in [0, 0.1) is 5.92 Å². The minimum absolute atomic E-state index is 0.136. The van der Waals surface area contributed by atoms with Crippen LogP contribution in [-0.4, -0.2) is 79.5 Å². The summed E-state index contributed by atoms with van der Waals surface area (Å²) >= 11 is 0. The summed E-state index contributed by atoms with van der Waals surface area (Å²) < 4.78 is 10.3. The average molecular weight is 681 g/mol. The summed E-state index contributed by atoms with van der Waals surface area (Å²) in [5.74, 6) is 0.876. The Balaban J connectivity index is 1.11. The summed E-state index contributed by atoms with van der Waals surface area (Å²) in [6.07, 6.45) is 6.51. The number of hydrazone groups is 1. The van der Waals surface area contributed by atoms with Gasteiger partial charge in [-0.05, 0) is 61.8 Å². The highest BCUT2D eigenvalue weighted by Crippen LogP contribution is 2.34. The highest BCUT2D eigenvalue weighted by molar-refractivity contribution is 5.87. The van der Waals surface area contributed by atoms with Gasteiger partial charge in [0.1, 0.15) is 29.3 Å². The predicted molar refractivity (Wildman–Crippen MR) is 189 cm³/mol. The number of H-pyrrole nitrogens is 2. The number of amides is 3. The summed E-state index contributed by atoms with van der Waals surface area (Å²) in [6, 6.07) is 15.1. The van der Waals surface area contributed by atoms with Crippen molar-refractivity contribution in [2.75, 3.05) is 13.7 Å². The molecule has 1 fully saturated rings. The molecule has 13 nitrogen and oxygen atoms in total. The van der Waals surface area contributed by atoms with E-state index in [-0.39, 0.29) is 24.0 Å². The number of ether oxygens (including phenoxy) is 2. The van der Waals surface area contributed by atoms with Crippen LogP contribution in [0.1, 0.15) is 77.6 Å². The Labute approximate surface area is 291 Å². The number of benzene rings is 2. The summed E-state index contributed by atoms with van der Waals surface area (Å²) in [5.41, 5.74) is 5.23. The van der Waals surface area contributed by atoms with Crippen LogP contribution in [0.4, 0.5) is 9.59 Å². The molecule has 2 aromatic carbocycles. The van der Waals surface area contributed by atoms with Crippen molar-refractivity contribution < 1.29 is 23.9 Å². The van der Waals surface area contributed by atoms with Crippen molar-refractivity contribution in [3.8, 4) is 33.6 Å². The van der Waals surface area contributed by atoms with E-state index >= 15 is 0 Å². The van der Waals surface area contributed by atoms with E-state index in [4.69, 9.17) is 9.47 Å². The number of carbonyl (C=O) groups excluding carboxylic acids is 3. The Hall–Kier alpha value is -5.46. The van der Waals surface area contributed by atoms with Crippen LogP contribution in [0.15, 0.2) is 66.0 Å². The number of imidazole rings is 2. The first-order valence-corrected chi connectivity index (χ1v) is 16.9. The van der Waals surface area contributed by atoms with Gasteiger partial charge in [-0.15, -0.1) is 0 Å². The molecule has 0 bridgehead atoms. The van der Waals surface area contributed by atoms with Gasteiger partial charge in [-0.2, -0.15) is 5.10 Å². The molecular weight excluding hydrogens is 636 g/mol. The molecule has 2 aliphatic rings. The summed E-state index contributed by atoms with van der Waals surface area (Å²) in [4.78, 5) is 55.8. The molecule has 50 heavy (non-hydrogen) atoms. The van der Waals surface area contributed by atoms with E-state index in [1.807, 2.05) is 52.9 Å². The molecule has 0 spiro atoms. The Morgan fingerprint density at radius 3 is 1.92 bits per heavy atom. The molecule has 0 saturated carbocycles. The van der Waals surface area contributed by atoms with Crippen molar-refractivity contribution in [2.45, 2.75) is 77.6 Å². The van der Waals surface area contributed by atoms with Gasteiger partial charge in [0.05, 0.1) is 36.9 Å². The second-order valence-corrected chi connectivity index (χ2v) is 13.9. The lowest BCUT2D eigenvalue weighted by Gasteiger charge is -2.27. The maximum absolute atomic E-state index is 13.4. The molecule has 0 aliphatic carbocycles. The van der Waals surface area contributed by atoms with Crippen LogP contribution < -0.4 is 5.32 Å². The molecule has 1 saturated heterocycles. The first-order chi connectivity index (χ1) is 23.9. The average Bonchev–Trinajstić information content (AvgIpc) is 3.92. The van der Waals surface area contributed by atoms with Crippen molar-refractivity contribution in [1.82, 2.24) is 35.2 Å². The summed E-state index contributed by atoms with van der Waals surface area (Å²) in [7, 11) is 1.26. The topological polar surface area (TPSA) is 158 Å². The molecule has 2 aromatic heterocycles. The Morgan fingerprint density at radius 2 is 1.40 bits per heavy atom. The van der Waals surface area contributed by atoms with Crippen LogP contribution in [0.3, 0.4) is 0 Å². The molecular formula is C37H44N8O5. The van der Waals surface area contributed by atoms with Crippen molar-refractivity contribution >= 4 is 24.3 Å². The first-order valence-electron chi connectivity index (χ1n) is 16.9. The third-order valence-electron chi connectivity index (χ3n) is 8.88. The van der Waals surface area contributed by atoms with E-state index in [9.17, 15) is 14.4 Å². The monoisotopic (exact) mass is 680 g/mol. The van der Waals surface area contributed by atoms with E-state index in [1.165, 1.54) is 12.1 Å². The lowest BCUT2D eigenvalue weighted by atomic mass is 10.0. The van der Waals surface area contributed by atoms with Gasteiger partial charge >= 0.3 is 12.2 Å². The first kappa shape index (κ1) is 34.4. The van der Waals surface area contributed by atoms with Crippen LogP contribution in [0.5, 0.6) is 0 Å². The third kappa shape index (κ3) is 7.41. The molecule has 0 unspecified atom stereocenters. The molecule has 262 valence electrons. The maximum Gasteiger partial charge on any atom is 0.410 e. The number of rotatable bonds is 8. The fraction of sp³-hybridized carbons (Fsp3) is 0.405. The van der Waals surface area contributed by atoms with Crippen LogP contribution in [0.25, 0.3) is 33.6 Å². The molecule has 6 rings (SSSR count). The molecule has 3 atom stereocenters. The molecule has 4 aromatic rings. The van der Waals surface area contributed by atoms with E-state index < -0.39 is 23.8 Å². The molecule has 0 radical (unpaired) electrons. The van der Waals surface area contributed by atoms with E-state index in [0.717, 1.165) is 52.3 Å². The molecule has 2 aliphatic heterocycles. The minimum Gasteiger partial charge on any atom is -0.453 e. The number of hydrogen-bond acceptors (Lipinski definition) is 8. The van der Waals surface area contributed by atoms with Crippen LogP contribution in [-0.2, 0) is 14.3 Å². The quantitative estimate of drug-likeness (QED) is 0.184. The van der Waals surface area contributed by atoms with Crippen molar-refractivity contribution in [1.29, 1.82) is 0 Å². The van der Waals surface area contributed by atoms with Crippen molar-refractivity contribution in [2.24, 2.45) is 11.0 Å². The number of carbonyl (C=O) groups is 3. The zero-order chi connectivity index (χ0) is 35.6. The lowest BCUT2D eigenvalue weighted by molar-refractivity contribution is -0.136. The van der Waals surface area contributed by atoms with Gasteiger partial charge in [0.15, 0.2) is 0 Å². The SMILES string of the molecule is COC(=O)N[C@H](C(=O)N1N=CC[C@H]1c1ncc(-c2ccc(-c3ccc(-c4cnc([C@@H]5CCCN5C(=O)OC(C)(C)C)[nH]4)cc3)cc2)[nH]1)C(C)C. The number of aromatic nitrogens is 4.